The van der Waals surface area contributed by atoms with Crippen molar-refractivity contribution in [3.05, 3.63) is 17.8 Å². The van der Waals surface area contributed by atoms with E-state index >= 15 is 0 Å². The molecule has 1 aromatic heterocycles. The number of rotatable bonds is 3. The van der Waals surface area contributed by atoms with E-state index in [4.69, 9.17) is 5.73 Å². The number of nitrogens with zero attached hydrogens (tertiary/aromatic N) is 2. The second-order valence-corrected chi connectivity index (χ2v) is 5.05. The van der Waals surface area contributed by atoms with Gasteiger partial charge in [0.15, 0.2) is 0 Å². The van der Waals surface area contributed by atoms with Gasteiger partial charge in [0.1, 0.15) is 11.4 Å². The molecule has 1 aliphatic heterocycles. The number of nitrogen functional groups attached to an aromatic ring is 1. The Balaban J connectivity index is 2.40. The molecule has 1 saturated heterocycles. The summed E-state index contributed by atoms with van der Waals surface area (Å²) in [5.41, 5.74) is 6.25. The second kappa shape index (κ2) is 5.91. The van der Waals surface area contributed by atoms with Gasteiger partial charge in [0.2, 0.25) is 0 Å². The topological polar surface area (TPSA) is 79.5 Å². The van der Waals surface area contributed by atoms with Gasteiger partial charge in [0, 0.05) is 12.6 Å². The van der Waals surface area contributed by atoms with Crippen molar-refractivity contribution in [2.75, 3.05) is 17.2 Å². The van der Waals surface area contributed by atoms with E-state index in [1.54, 1.807) is 6.20 Å². The number of pyridine rings is 1. The molecule has 3 N–H and O–H groups in total. The molecule has 2 heterocycles. The third-order valence-electron chi connectivity index (χ3n) is 3.74. The highest BCUT2D eigenvalue weighted by atomic mass is 16.4. The SMILES string of the molecule is CCC1CCCCCN1c1ncc(N)cc1C(=O)O. The van der Waals surface area contributed by atoms with Gasteiger partial charge < -0.3 is 15.7 Å². The largest absolute Gasteiger partial charge is 0.478 e. The van der Waals surface area contributed by atoms with Crippen LogP contribution in [0.5, 0.6) is 0 Å². The van der Waals surface area contributed by atoms with Crippen molar-refractivity contribution in [2.24, 2.45) is 0 Å². The third kappa shape index (κ3) is 2.97. The Morgan fingerprint density at radius 2 is 2.32 bits per heavy atom. The fraction of sp³-hybridized carbons (Fsp3) is 0.571. The predicted molar refractivity (Wildman–Crippen MR) is 75.5 cm³/mol. The van der Waals surface area contributed by atoms with Crippen LogP contribution in [-0.2, 0) is 0 Å². The molecule has 0 aliphatic carbocycles. The lowest BCUT2D eigenvalue weighted by Crippen LogP contribution is -2.36. The van der Waals surface area contributed by atoms with Gasteiger partial charge in [-0.2, -0.15) is 0 Å². The fourth-order valence-corrected chi connectivity index (χ4v) is 2.74. The second-order valence-electron chi connectivity index (χ2n) is 5.05. The molecule has 0 bridgehead atoms. The molecule has 1 atom stereocenters. The van der Waals surface area contributed by atoms with Crippen molar-refractivity contribution >= 4 is 17.5 Å². The Morgan fingerprint density at radius 3 is 3.00 bits per heavy atom. The molecule has 1 aromatic rings. The highest BCUT2D eigenvalue weighted by molar-refractivity contribution is 5.94. The average Bonchev–Trinajstić information content (AvgIpc) is 2.63. The van der Waals surface area contributed by atoms with Gasteiger partial charge in [-0.15, -0.1) is 0 Å². The van der Waals surface area contributed by atoms with Crippen LogP contribution in [0.1, 0.15) is 49.4 Å². The molecule has 104 valence electrons. The number of carboxylic acid groups (broad SMARTS) is 1. The van der Waals surface area contributed by atoms with E-state index in [0.717, 1.165) is 25.8 Å². The molecule has 0 spiro atoms. The highest BCUT2D eigenvalue weighted by Gasteiger charge is 2.25. The quantitative estimate of drug-likeness (QED) is 0.876. The molecule has 5 nitrogen and oxygen atoms in total. The van der Waals surface area contributed by atoms with Crippen LogP contribution in [-0.4, -0.2) is 28.6 Å². The van der Waals surface area contributed by atoms with Crippen LogP contribution in [0.4, 0.5) is 11.5 Å². The normalized spacial score (nSPS) is 20.1. The molecule has 1 fully saturated rings. The minimum Gasteiger partial charge on any atom is -0.478 e. The van der Waals surface area contributed by atoms with Crippen LogP contribution in [0.2, 0.25) is 0 Å². The van der Waals surface area contributed by atoms with E-state index < -0.39 is 5.97 Å². The molecule has 5 heteroatoms. The Labute approximate surface area is 113 Å². The minimum atomic E-state index is -0.964. The fourth-order valence-electron chi connectivity index (χ4n) is 2.74. The van der Waals surface area contributed by atoms with Crippen molar-refractivity contribution in [3.8, 4) is 0 Å². The van der Waals surface area contributed by atoms with E-state index in [1.807, 2.05) is 0 Å². The van der Waals surface area contributed by atoms with Gasteiger partial charge in [-0.1, -0.05) is 19.8 Å². The van der Waals surface area contributed by atoms with E-state index in [9.17, 15) is 9.90 Å². The lowest BCUT2D eigenvalue weighted by atomic mass is 10.1. The number of anilines is 2. The molecule has 0 saturated carbocycles. The number of aromatic carboxylic acids is 1. The van der Waals surface area contributed by atoms with Crippen molar-refractivity contribution < 1.29 is 9.90 Å². The van der Waals surface area contributed by atoms with Crippen LogP contribution in [0, 0.1) is 0 Å². The number of hydrogen-bond donors (Lipinski definition) is 2. The zero-order valence-electron chi connectivity index (χ0n) is 11.3. The first-order valence-corrected chi connectivity index (χ1v) is 6.89. The summed E-state index contributed by atoms with van der Waals surface area (Å²) in [6, 6.07) is 1.87. The summed E-state index contributed by atoms with van der Waals surface area (Å²) >= 11 is 0. The summed E-state index contributed by atoms with van der Waals surface area (Å²) in [7, 11) is 0. The smallest absolute Gasteiger partial charge is 0.339 e. The van der Waals surface area contributed by atoms with Gasteiger partial charge in [-0.3, -0.25) is 0 Å². The monoisotopic (exact) mass is 263 g/mol. The lowest BCUT2D eigenvalue weighted by molar-refractivity contribution is 0.0697. The van der Waals surface area contributed by atoms with E-state index in [2.05, 4.69) is 16.8 Å². The van der Waals surface area contributed by atoms with Crippen molar-refractivity contribution in [1.82, 2.24) is 4.98 Å². The Hall–Kier alpha value is -1.78. The number of hydrogen-bond acceptors (Lipinski definition) is 4. The highest BCUT2D eigenvalue weighted by Crippen LogP contribution is 2.28. The minimum absolute atomic E-state index is 0.209. The maximum absolute atomic E-state index is 11.4. The Bertz CT molecular complexity index is 462. The lowest BCUT2D eigenvalue weighted by Gasteiger charge is -2.31. The first-order chi connectivity index (χ1) is 9.13. The summed E-state index contributed by atoms with van der Waals surface area (Å²) in [6.45, 7) is 3.01. The first-order valence-electron chi connectivity index (χ1n) is 6.89. The summed E-state index contributed by atoms with van der Waals surface area (Å²) in [4.78, 5) is 17.8. The number of nitrogens with two attached hydrogens (primary N) is 1. The van der Waals surface area contributed by atoms with Gasteiger partial charge in [0.25, 0.3) is 0 Å². The molecular weight excluding hydrogens is 242 g/mol. The third-order valence-corrected chi connectivity index (χ3v) is 3.74. The summed E-state index contributed by atoms with van der Waals surface area (Å²) < 4.78 is 0. The molecular formula is C14H21N3O2. The molecule has 0 aromatic carbocycles. The van der Waals surface area contributed by atoms with Crippen molar-refractivity contribution in [2.45, 2.75) is 45.1 Å². The van der Waals surface area contributed by atoms with Crippen LogP contribution in [0.3, 0.4) is 0 Å². The molecule has 19 heavy (non-hydrogen) atoms. The van der Waals surface area contributed by atoms with Gasteiger partial charge in [0.05, 0.1) is 11.9 Å². The van der Waals surface area contributed by atoms with Gasteiger partial charge >= 0.3 is 5.97 Å². The van der Waals surface area contributed by atoms with E-state index in [0.29, 0.717) is 17.5 Å². The van der Waals surface area contributed by atoms with Crippen LogP contribution < -0.4 is 10.6 Å². The first kappa shape index (κ1) is 13.6. The van der Waals surface area contributed by atoms with Crippen molar-refractivity contribution in [1.29, 1.82) is 0 Å². The maximum Gasteiger partial charge on any atom is 0.339 e. The van der Waals surface area contributed by atoms with Crippen molar-refractivity contribution in [3.63, 3.8) is 0 Å². The molecule has 1 aliphatic rings. The summed E-state index contributed by atoms with van der Waals surface area (Å²) in [5.74, 6) is -0.399. The Morgan fingerprint density at radius 1 is 1.53 bits per heavy atom. The number of carbonyl (C=O) groups is 1. The maximum atomic E-state index is 11.4. The van der Waals surface area contributed by atoms with E-state index in [1.165, 1.54) is 18.9 Å². The molecule has 0 radical (unpaired) electrons. The van der Waals surface area contributed by atoms with Gasteiger partial charge in [-0.25, -0.2) is 9.78 Å². The Kier molecular flexibility index (Phi) is 4.24. The zero-order chi connectivity index (χ0) is 13.8. The number of aromatic nitrogens is 1. The van der Waals surface area contributed by atoms with Gasteiger partial charge in [-0.05, 0) is 25.3 Å². The molecule has 1 unspecified atom stereocenters. The van der Waals surface area contributed by atoms with Crippen LogP contribution in [0.25, 0.3) is 0 Å². The predicted octanol–water partition coefficient (Wildman–Crippen LogP) is 2.52. The average molecular weight is 263 g/mol. The number of carboxylic acids is 1. The van der Waals surface area contributed by atoms with Crippen LogP contribution in [0.15, 0.2) is 12.3 Å². The molecule has 0 amide bonds. The zero-order valence-corrected chi connectivity index (χ0v) is 11.3. The molecule has 2 rings (SSSR count). The van der Waals surface area contributed by atoms with E-state index in [-0.39, 0.29) is 5.56 Å². The summed E-state index contributed by atoms with van der Waals surface area (Å²) in [5, 5.41) is 9.33. The summed E-state index contributed by atoms with van der Waals surface area (Å²) in [6.07, 6.45) is 7.13. The standard InChI is InChI=1S/C14H21N3O2/c1-2-11-6-4-3-5-7-17(11)13-12(14(18)19)8-10(15)9-16-13/h8-9,11H,2-7,15H2,1H3,(H,18,19). The van der Waals surface area contributed by atoms with Crippen LogP contribution >= 0.6 is 0 Å².